The van der Waals surface area contributed by atoms with Gasteiger partial charge in [0.2, 0.25) is 5.43 Å². The summed E-state index contributed by atoms with van der Waals surface area (Å²) >= 11 is 12.0. The number of halogens is 2. The van der Waals surface area contributed by atoms with E-state index >= 15 is 0 Å². The predicted molar refractivity (Wildman–Crippen MR) is 70.7 cm³/mol. The van der Waals surface area contributed by atoms with Crippen LogP contribution in [0.4, 0.5) is 5.69 Å². The van der Waals surface area contributed by atoms with Crippen LogP contribution in [0.1, 0.15) is 5.56 Å². The van der Waals surface area contributed by atoms with E-state index in [0.717, 1.165) is 5.56 Å². The van der Waals surface area contributed by atoms with Crippen molar-refractivity contribution in [3.8, 4) is 0 Å². The van der Waals surface area contributed by atoms with Crippen molar-refractivity contribution < 1.29 is 0 Å². The molecule has 1 aromatic carbocycles. The van der Waals surface area contributed by atoms with Gasteiger partial charge < -0.3 is 10.3 Å². The maximum absolute atomic E-state index is 11.2. The highest BCUT2D eigenvalue weighted by Gasteiger charge is 2.04. The largest absolute Gasteiger partial charge is 0.394 e. The Labute approximate surface area is 108 Å². The van der Waals surface area contributed by atoms with Crippen LogP contribution in [-0.2, 0) is 6.54 Å². The number of pyridine rings is 1. The van der Waals surface area contributed by atoms with Crippen molar-refractivity contribution >= 4 is 28.9 Å². The minimum atomic E-state index is -0.182. The third kappa shape index (κ3) is 2.62. The summed E-state index contributed by atoms with van der Waals surface area (Å²) in [6.45, 7) is 0.518. The van der Waals surface area contributed by atoms with Gasteiger partial charge in [-0.1, -0.05) is 35.3 Å². The summed E-state index contributed by atoms with van der Waals surface area (Å²) in [5, 5.41) is 1.03. The lowest BCUT2D eigenvalue weighted by Gasteiger charge is -2.09. The summed E-state index contributed by atoms with van der Waals surface area (Å²) in [5.74, 6) is 0. The van der Waals surface area contributed by atoms with Crippen LogP contribution in [0.5, 0.6) is 0 Å². The lowest BCUT2D eigenvalue weighted by atomic mass is 10.2. The number of anilines is 1. The number of aromatic nitrogens is 1. The first-order valence-corrected chi connectivity index (χ1v) is 5.72. The van der Waals surface area contributed by atoms with Gasteiger partial charge in [0, 0.05) is 25.0 Å². The predicted octanol–water partition coefficient (Wildman–Crippen LogP) is 2.79. The second-order valence-corrected chi connectivity index (χ2v) is 4.43. The molecule has 0 amide bonds. The third-order valence-corrected chi connectivity index (χ3v) is 3.25. The monoisotopic (exact) mass is 268 g/mol. The summed E-state index contributed by atoms with van der Waals surface area (Å²) in [6, 6.07) is 6.86. The molecule has 2 N–H and O–H groups in total. The van der Waals surface area contributed by atoms with Gasteiger partial charge in [-0.05, 0) is 11.6 Å². The molecule has 0 spiro atoms. The van der Waals surface area contributed by atoms with E-state index in [4.69, 9.17) is 28.9 Å². The first-order valence-electron chi connectivity index (χ1n) is 4.96. The quantitative estimate of drug-likeness (QED) is 0.911. The van der Waals surface area contributed by atoms with Gasteiger partial charge in [0.1, 0.15) is 0 Å². The molecule has 0 aliphatic heterocycles. The summed E-state index contributed by atoms with van der Waals surface area (Å²) in [4.78, 5) is 11.2. The lowest BCUT2D eigenvalue weighted by molar-refractivity contribution is 0.791. The number of benzene rings is 1. The molecule has 0 aliphatic carbocycles. The zero-order valence-corrected chi connectivity index (χ0v) is 10.4. The second kappa shape index (κ2) is 4.82. The van der Waals surface area contributed by atoms with Crippen molar-refractivity contribution in [2.24, 2.45) is 0 Å². The normalized spacial score (nSPS) is 10.5. The standard InChI is InChI=1S/C12H10Cl2N2O/c13-9-3-1-2-8(12(9)14)6-16-5-4-11(17)10(15)7-16/h1-5,7H,6,15H2. The molecule has 2 aromatic rings. The highest BCUT2D eigenvalue weighted by atomic mass is 35.5. The molecule has 88 valence electrons. The zero-order valence-electron chi connectivity index (χ0n) is 8.86. The minimum absolute atomic E-state index is 0.182. The Morgan fingerprint density at radius 1 is 1.24 bits per heavy atom. The highest BCUT2D eigenvalue weighted by Crippen LogP contribution is 2.26. The van der Waals surface area contributed by atoms with Crippen LogP contribution in [0, 0.1) is 0 Å². The summed E-state index contributed by atoms with van der Waals surface area (Å²) in [7, 11) is 0. The van der Waals surface area contributed by atoms with Gasteiger partial charge >= 0.3 is 0 Å². The number of nitrogen functional groups attached to an aromatic ring is 1. The topological polar surface area (TPSA) is 48.0 Å². The van der Waals surface area contributed by atoms with Gasteiger partial charge in [0.15, 0.2) is 0 Å². The Bertz CT molecular complexity index is 608. The fourth-order valence-electron chi connectivity index (χ4n) is 1.51. The lowest BCUT2D eigenvalue weighted by Crippen LogP contribution is -2.11. The Kier molecular flexibility index (Phi) is 3.41. The maximum Gasteiger partial charge on any atom is 0.204 e. The van der Waals surface area contributed by atoms with Crippen molar-refractivity contribution in [1.29, 1.82) is 0 Å². The first kappa shape index (κ1) is 12.0. The molecule has 0 aliphatic rings. The molecule has 5 heteroatoms. The number of nitrogens with zero attached hydrogens (tertiary/aromatic N) is 1. The summed E-state index contributed by atoms with van der Waals surface area (Å²) in [5.41, 5.74) is 6.46. The van der Waals surface area contributed by atoms with Crippen molar-refractivity contribution in [2.45, 2.75) is 6.54 Å². The van der Waals surface area contributed by atoms with Crippen molar-refractivity contribution in [3.05, 3.63) is 62.5 Å². The SMILES string of the molecule is Nc1cn(Cc2cccc(Cl)c2Cl)ccc1=O. The molecule has 0 radical (unpaired) electrons. The van der Waals surface area contributed by atoms with E-state index in [1.807, 2.05) is 12.1 Å². The molecule has 0 saturated heterocycles. The highest BCUT2D eigenvalue weighted by molar-refractivity contribution is 6.42. The smallest absolute Gasteiger partial charge is 0.204 e. The fourth-order valence-corrected chi connectivity index (χ4v) is 1.89. The van der Waals surface area contributed by atoms with Gasteiger partial charge in [-0.15, -0.1) is 0 Å². The van der Waals surface area contributed by atoms with E-state index in [0.29, 0.717) is 16.6 Å². The Hall–Kier alpha value is -1.45. The van der Waals surface area contributed by atoms with Crippen LogP contribution < -0.4 is 11.2 Å². The third-order valence-electron chi connectivity index (χ3n) is 2.39. The average Bonchev–Trinajstić information content (AvgIpc) is 2.30. The molecule has 0 saturated carbocycles. The Morgan fingerprint density at radius 3 is 2.71 bits per heavy atom. The molecule has 17 heavy (non-hydrogen) atoms. The second-order valence-electron chi connectivity index (χ2n) is 3.65. The Balaban J connectivity index is 2.35. The maximum atomic E-state index is 11.2. The fraction of sp³-hybridized carbons (Fsp3) is 0.0833. The van der Waals surface area contributed by atoms with Crippen LogP contribution >= 0.6 is 23.2 Å². The van der Waals surface area contributed by atoms with Crippen LogP contribution in [0.25, 0.3) is 0 Å². The molecule has 2 rings (SSSR count). The average molecular weight is 269 g/mol. The van der Waals surface area contributed by atoms with E-state index in [2.05, 4.69) is 0 Å². The van der Waals surface area contributed by atoms with Crippen molar-refractivity contribution in [1.82, 2.24) is 4.57 Å². The molecule has 0 fully saturated rings. The van der Waals surface area contributed by atoms with Crippen LogP contribution in [0.2, 0.25) is 10.0 Å². The van der Waals surface area contributed by atoms with Crippen LogP contribution in [-0.4, -0.2) is 4.57 Å². The van der Waals surface area contributed by atoms with E-state index < -0.39 is 0 Å². The van der Waals surface area contributed by atoms with Crippen LogP contribution in [0.15, 0.2) is 41.5 Å². The van der Waals surface area contributed by atoms with E-state index in [1.54, 1.807) is 23.0 Å². The van der Waals surface area contributed by atoms with E-state index in [9.17, 15) is 4.79 Å². The summed E-state index contributed by atoms with van der Waals surface area (Å²) in [6.07, 6.45) is 3.25. The number of nitrogens with two attached hydrogens (primary N) is 1. The van der Waals surface area contributed by atoms with E-state index in [1.165, 1.54) is 6.07 Å². The van der Waals surface area contributed by atoms with Gasteiger partial charge in [-0.3, -0.25) is 4.79 Å². The number of rotatable bonds is 2. The summed E-state index contributed by atoms with van der Waals surface area (Å²) < 4.78 is 1.79. The molecular weight excluding hydrogens is 259 g/mol. The molecule has 0 bridgehead atoms. The Morgan fingerprint density at radius 2 is 2.00 bits per heavy atom. The first-order chi connectivity index (χ1) is 8.08. The molecule has 1 heterocycles. The molecular formula is C12H10Cl2N2O. The van der Waals surface area contributed by atoms with Gasteiger partial charge in [-0.25, -0.2) is 0 Å². The molecule has 3 nitrogen and oxygen atoms in total. The van der Waals surface area contributed by atoms with Gasteiger partial charge in [0.25, 0.3) is 0 Å². The molecule has 0 unspecified atom stereocenters. The number of hydrogen-bond donors (Lipinski definition) is 1. The van der Waals surface area contributed by atoms with Crippen molar-refractivity contribution in [2.75, 3.05) is 5.73 Å². The molecule has 0 atom stereocenters. The van der Waals surface area contributed by atoms with Crippen LogP contribution in [0.3, 0.4) is 0 Å². The van der Waals surface area contributed by atoms with Gasteiger partial charge in [0.05, 0.1) is 15.7 Å². The van der Waals surface area contributed by atoms with Gasteiger partial charge in [-0.2, -0.15) is 0 Å². The number of hydrogen-bond acceptors (Lipinski definition) is 2. The zero-order chi connectivity index (χ0) is 12.4. The minimum Gasteiger partial charge on any atom is -0.394 e. The van der Waals surface area contributed by atoms with E-state index in [-0.39, 0.29) is 11.1 Å². The van der Waals surface area contributed by atoms with Crippen molar-refractivity contribution in [3.63, 3.8) is 0 Å². The molecule has 1 aromatic heterocycles.